The highest BCUT2D eigenvalue weighted by Gasteiger charge is 2.44. The highest BCUT2D eigenvalue weighted by Crippen LogP contribution is 2.36. The zero-order valence-electron chi connectivity index (χ0n) is 10.2. The number of fused-ring (bicyclic) bond motifs is 1. The molecule has 1 aromatic rings. The second kappa shape index (κ2) is 4.98. The van der Waals surface area contributed by atoms with Gasteiger partial charge in [-0.1, -0.05) is 30.3 Å². The van der Waals surface area contributed by atoms with Gasteiger partial charge in [0.25, 0.3) is 0 Å². The van der Waals surface area contributed by atoms with E-state index < -0.39 is 0 Å². The summed E-state index contributed by atoms with van der Waals surface area (Å²) in [4.78, 5) is 11.6. The van der Waals surface area contributed by atoms with E-state index in [0.717, 1.165) is 24.8 Å². The molecule has 2 fully saturated rings. The molecule has 96 valence electrons. The number of hydrogen-bond acceptors (Lipinski definition) is 3. The van der Waals surface area contributed by atoms with Gasteiger partial charge in [0.1, 0.15) is 6.61 Å². The van der Waals surface area contributed by atoms with Gasteiger partial charge >= 0.3 is 6.09 Å². The van der Waals surface area contributed by atoms with E-state index in [2.05, 4.69) is 5.32 Å². The molecule has 1 N–H and O–H groups in total. The first-order valence-corrected chi connectivity index (χ1v) is 6.44. The predicted octanol–water partition coefficient (Wildman–Crippen LogP) is 2.23. The normalized spacial score (nSPS) is 29.2. The van der Waals surface area contributed by atoms with Crippen LogP contribution in [-0.2, 0) is 16.1 Å². The van der Waals surface area contributed by atoms with E-state index in [4.69, 9.17) is 9.47 Å². The van der Waals surface area contributed by atoms with E-state index in [0.29, 0.717) is 18.8 Å². The molecule has 18 heavy (non-hydrogen) atoms. The average Bonchev–Trinajstić information content (AvgIpc) is 3.16. The van der Waals surface area contributed by atoms with Crippen LogP contribution in [0.4, 0.5) is 4.79 Å². The summed E-state index contributed by atoms with van der Waals surface area (Å²) in [5.74, 6) is 0. The Kier molecular flexibility index (Phi) is 3.19. The van der Waals surface area contributed by atoms with Gasteiger partial charge in [0.05, 0.1) is 12.2 Å². The van der Waals surface area contributed by atoms with Crippen LogP contribution in [0.15, 0.2) is 30.3 Å². The summed E-state index contributed by atoms with van der Waals surface area (Å²) in [7, 11) is 0. The Labute approximate surface area is 106 Å². The molecule has 1 saturated heterocycles. The fourth-order valence-corrected chi connectivity index (χ4v) is 2.47. The van der Waals surface area contributed by atoms with Gasteiger partial charge in [0.2, 0.25) is 0 Å². The van der Waals surface area contributed by atoms with E-state index in [1.807, 2.05) is 30.3 Å². The third-order valence-electron chi connectivity index (χ3n) is 3.54. The number of epoxide rings is 1. The SMILES string of the molecule is O=C(NC1CC[C@@H]2O[C@@H]2C1)OCc1ccccc1. The summed E-state index contributed by atoms with van der Waals surface area (Å²) in [6, 6.07) is 9.90. The Hall–Kier alpha value is -1.55. The number of nitrogens with one attached hydrogen (secondary N) is 1. The van der Waals surface area contributed by atoms with Crippen LogP contribution < -0.4 is 5.32 Å². The highest BCUT2D eigenvalue weighted by atomic mass is 16.6. The van der Waals surface area contributed by atoms with Crippen LogP contribution in [0.1, 0.15) is 24.8 Å². The lowest BCUT2D eigenvalue weighted by molar-refractivity contribution is 0.133. The summed E-state index contributed by atoms with van der Waals surface area (Å²) in [5.41, 5.74) is 1.00. The zero-order chi connectivity index (χ0) is 12.4. The quantitative estimate of drug-likeness (QED) is 0.833. The summed E-state index contributed by atoms with van der Waals surface area (Å²) in [6.07, 6.45) is 3.46. The van der Waals surface area contributed by atoms with Gasteiger partial charge in [0, 0.05) is 6.04 Å². The molecule has 1 saturated carbocycles. The first-order valence-electron chi connectivity index (χ1n) is 6.44. The Balaban J connectivity index is 1.41. The van der Waals surface area contributed by atoms with Crippen LogP contribution in [0, 0.1) is 0 Å². The molecule has 2 aliphatic rings. The van der Waals surface area contributed by atoms with Gasteiger partial charge in [0.15, 0.2) is 0 Å². The molecule has 1 aromatic carbocycles. The molecule has 1 aliphatic heterocycles. The van der Waals surface area contributed by atoms with Crippen molar-refractivity contribution in [1.82, 2.24) is 5.32 Å². The van der Waals surface area contributed by atoms with Crippen molar-refractivity contribution >= 4 is 6.09 Å². The Morgan fingerprint density at radius 2 is 2.11 bits per heavy atom. The first-order chi connectivity index (χ1) is 8.81. The summed E-state index contributed by atoms with van der Waals surface area (Å²) in [6.45, 7) is 0.321. The van der Waals surface area contributed by atoms with Crippen molar-refractivity contribution < 1.29 is 14.3 Å². The van der Waals surface area contributed by atoms with Crippen LogP contribution in [0.3, 0.4) is 0 Å². The Bertz CT molecular complexity index is 420. The minimum atomic E-state index is -0.331. The van der Waals surface area contributed by atoms with Crippen molar-refractivity contribution in [3.05, 3.63) is 35.9 Å². The summed E-state index contributed by atoms with van der Waals surface area (Å²) < 4.78 is 10.6. The van der Waals surface area contributed by atoms with Crippen molar-refractivity contribution in [2.45, 2.75) is 44.1 Å². The van der Waals surface area contributed by atoms with Gasteiger partial charge in [-0.05, 0) is 24.8 Å². The van der Waals surface area contributed by atoms with Crippen LogP contribution in [0.2, 0.25) is 0 Å². The largest absolute Gasteiger partial charge is 0.445 e. The lowest BCUT2D eigenvalue weighted by Gasteiger charge is -2.19. The Morgan fingerprint density at radius 3 is 2.89 bits per heavy atom. The van der Waals surface area contributed by atoms with Crippen LogP contribution in [-0.4, -0.2) is 24.3 Å². The average molecular weight is 247 g/mol. The molecular formula is C14H17NO3. The van der Waals surface area contributed by atoms with Gasteiger partial charge in [-0.3, -0.25) is 0 Å². The highest BCUT2D eigenvalue weighted by molar-refractivity contribution is 5.67. The number of hydrogen-bond donors (Lipinski definition) is 1. The molecule has 3 rings (SSSR count). The Morgan fingerprint density at radius 1 is 1.28 bits per heavy atom. The van der Waals surface area contributed by atoms with Crippen LogP contribution in [0.25, 0.3) is 0 Å². The van der Waals surface area contributed by atoms with E-state index in [1.165, 1.54) is 0 Å². The van der Waals surface area contributed by atoms with Crippen molar-refractivity contribution in [3.63, 3.8) is 0 Å². The molecule has 1 unspecified atom stereocenters. The van der Waals surface area contributed by atoms with Crippen LogP contribution in [0.5, 0.6) is 0 Å². The van der Waals surface area contributed by atoms with Crippen LogP contribution >= 0.6 is 0 Å². The number of carbonyl (C=O) groups is 1. The topological polar surface area (TPSA) is 50.9 Å². The maximum Gasteiger partial charge on any atom is 0.407 e. The van der Waals surface area contributed by atoms with Crippen molar-refractivity contribution in [2.24, 2.45) is 0 Å². The molecule has 1 amide bonds. The fourth-order valence-electron chi connectivity index (χ4n) is 2.47. The number of alkyl carbamates (subject to hydrolysis) is 1. The molecule has 0 spiro atoms. The minimum absolute atomic E-state index is 0.206. The van der Waals surface area contributed by atoms with Gasteiger partial charge < -0.3 is 14.8 Å². The molecular weight excluding hydrogens is 230 g/mol. The number of benzene rings is 1. The summed E-state index contributed by atoms with van der Waals surface area (Å²) >= 11 is 0. The van der Waals surface area contributed by atoms with Crippen molar-refractivity contribution in [3.8, 4) is 0 Å². The molecule has 4 nitrogen and oxygen atoms in total. The summed E-state index contributed by atoms with van der Waals surface area (Å²) in [5, 5.41) is 2.91. The zero-order valence-corrected chi connectivity index (χ0v) is 10.2. The molecule has 4 heteroatoms. The fraction of sp³-hybridized carbons (Fsp3) is 0.500. The maximum absolute atomic E-state index is 11.6. The van der Waals surface area contributed by atoms with E-state index in [9.17, 15) is 4.79 Å². The third-order valence-corrected chi connectivity index (χ3v) is 3.54. The van der Waals surface area contributed by atoms with E-state index >= 15 is 0 Å². The van der Waals surface area contributed by atoms with E-state index in [-0.39, 0.29) is 12.1 Å². The molecule has 3 atom stereocenters. The minimum Gasteiger partial charge on any atom is -0.445 e. The molecule has 1 aliphatic carbocycles. The second-order valence-corrected chi connectivity index (χ2v) is 4.93. The molecule has 0 bridgehead atoms. The number of ether oxygens (including phenoxy) is 2. The molecule has 1 heterocycles. The van der Waals surface area contributed by atoms with Gasteiger partial charge in [-0.2, -0.15) is 0 Å². The maximum atomic E-state index is 11.6. The first kappa shape index (κ1) is 11.5. The smallest absolute Gasteiger partial charge is 0.407 e. The lowest BCUT2D eigenvalue weighted by atomic mass is 9.96. The predicted molar refractivity (Wildman–Crippen MR) is 66.1 cm³/mol. The van der Waals surface area contributed by atoms with E-state index in [1.54, 1.807) is 0 Å². The standard InChI is InChI=1S/C14H17NO3/c16-14(17-9-10-4-2-1-3-5-10)15-11-6-7-12-13(8-11)18-12/h1-5,11-13H,6-9H2,(H,15,16)/t11?,12-,13+/m0/s1. The second-order valence-electron chi connectivity index (χ2n) is 4.93. The number of rotatable bonds is 3. The lowest BCUT2D eigenvalue weighted by Crippen LogP contribution is -2.38. The van der Waals surface area contributed by atoms with Gasteiger partial charge in [-0.15, -0.1) is 0 Å². The monoisotopic (exact) mass is 247 g/mol. The molecule has 0 aromatic heterocycles. The number of amides is 1. The third kappa shape index (κ3) is 2.82. The van der Waals surface area contributed by atoms with Gasteiger partial charge in [-0.25, -0.2) is 4.79 Å². The van der Waals surface area contributed by atoms with Crippen molar-refractivity contribution in [2.75, 3.05) is 0 Å². The van der Waals surface area contributed by atoms with Crippen molar-refractivity contribution in [1.29, 1.82) is 0 Å². The number of carbonyl (C=O) groups excluding carboxylic acids is 1. The molecule has 0 radical (unpaired) electrons.